The Kier molecular flexibility index (Phi) is 5.36. The van der Waals surface area contributed by atoms with Gasteiger partial charge in [0, 0.05) is 23.9 Å². The van der Waals surface area contributed by atoms with Gasteiger partial charge in [-0.3, -0.25) is 9.69 Å². The van der Waals surface area contributed by atoms with Gasteiger partial charge in [0.05, 0.1) is 19.3 Å². The zero-order chi connectivity index (χ0) is 21.5. The molecule has 8 heteroatoms. The monoisotopic (exact) mass is 429 g/mol. The van der Waals surface area contributed by atoms with Crippen molar-refractivity contribution in [1.82, 2.24) is 10.2 Å². The molecular formula is C22H24FN3O3S. The lowest BCUT2D eigenvalue weighted by Gasteiger charge is -2.33. The summed E-state index contributed by atoms with van der Waals surface area (Å²) in [4.78, 5) is 29.0. The van der Waals surface area contributed by atoms with E-state index >= 15 is 0 Å². The quantitative estimate of drug-likeness (QED) is 0.805. The molecule has 2 aromatic rings. The molecule has 2 aromatic carbocycles. The first-order chi connectivity index (χ1) is 14.4. The highest BCUT2D eigenvalue weighted by atomic mass is 32.2. The number of ether oxygens (including phenoxy) is 1. The van der Waals surface area contributed by atoms with Gasteiger partial charge in [0.25, 0.3) is 5.91 Å². The minimum Gasteiger partial charge on any atom is -0.497 e. The maximum absolute atomic E-state index is 13.8. The Bertz CT molecular complexity index is 982. The molecule has 0 bridgehead atoms. The SMILES string of the molecule is COc1ccc2c(c1)[C@]1(SCCN1C(=O)NC(C)C)C(=O)N2Cc1ccc(F)cc1. The fraction of sp³-hybridized carbons (Fsp3) is 0.364. The summed E-state index contributed by atoms with van der Waals surface area (Å²) in [5.41, 5.74) is 2.29. The van der Waals surface area contributed by atoms with E-state index < -0.39 is 4.87 Å². The van der Waals surface area contributed by atoms with Gasteiger partial charge in [-0.05, 0) is 49.7 Å². The zero-order valence-corrected chi connectivity index (χ0v) is 18.0. The molecule has 4 rings (SSSR count). The summed E-state index contributed by atoms with van der Waals surface area (Å²) in [6, 6.07) is 11.3. The van der Waals surface area contributed by atoms with Crippen LogP contribution in [0, 0.1) is 5.82 Å². The van der Waals surface area contributed by atoms with Crippen LogP contribution in [0.25, 0.3) is 0 Å². The topological polar surface area (TPSA) is 61.9 Å². The third-order valence-corrected chi connectivity index (χ3v) is 6.73. The van der Waals surface area contributed by atoms with Crippen LogP contribution in [0.5, 0.6) is 5.75 Å². The molecule has 1 fully saturated rings. The van der Waals surface area contributed by atoms with Crippen molar-refractivity contribution in [2.24, 2.45) is 0 Å². The van der Waals surface area contributed by atoms with Gasteiger partial charge in [0.15, 0.2) is 4.87 Å². The van der Waals surface area contributed by atoms with Crippen LogP contribution in [0.4, 0.5) is 14.9 Å². The summed E-state index contributed by atoms with van der Waals surface area (Å²) in [5.74, 6) is 0.784. The van der Waals surface area contributed by atoms with Crippen molar-refractivity contribution in [1.29, 1.82) is 0 Å². The Balaban J connectivity index is 1.79. The Labute approximate surface area is 179 Å². The van der Waals surface area contributed by atoms with Gasteiger partial charge in [0.2, 0.25) is 0 Å². The Morgan fingerprint density at radius 3 is 2.67 bits per heavy atom. The van der Waals surface area contributed by atoms with Crippen molar-refractivity contribution >= 4 is 29.4 Å². The van der Waals surface area contributed by atoms with Crippen molar-refractivity contribution < 1.29 is 18.7 Å². The highest BCUT2D eigenvalue weighted by Crippen LogP contribution is 2.55. The number of hydrogen-bond acceptors (Lipinski definition) is 4. The first-order valence-electron chi connectivity index (χ1n) is 9.84. The van der Waals surface area contributed by atoms with Crippen molar-refractivity contribution in [2.45, 2.75) is 31.3 Å². The summed E-state index contributed by atoms with van der Waals surface area (Å²) in [7, 11) is 1.58. The van der Waals surface area contributed by atoms with E-state index in [1.807, 2.05) is 26.0 Å². The minimum atomic E-state index is -1.14. The summed E-state index contributed by atoms with van der Waals surface area (Å²) in [6.45, 7) is 4.54. The molecule has 0 saturated carbocycles. The van der Waals surface area contributed by atoms with Crippen molar-refractivity contribution in [3.8, 4) is 5.75 Å². The number of nitrogens with one attached hydrogen (secondary N) is 1. The Hall–Kier alpha value is -2.74. The van der Waals surface area contributed by atoms with E-state index in [0.717, 1.165) is 16.8 Å². The van der Waals surface area contributed by atoms with E-state index in [1.165, 1.54) is 23.9 Å². The molecule has 0 aliphatic carbocycles. The number of anilines is 1. The predicted molar refractivity (Wildman–Crippen MR) is 115 cm³/mol. The second kappa shape index (κ2) is 7.83. The van der Waals surface area contributed by atoms with Crippen LogP contribution in [0.15, 0.2) is 42.5 Å². The fourth-order valence-electron chi connectivity index (χ4n) is 3.98. The van der Waals surface area contributed by atoms with Gasteiger partial charge in [-0.2, -0.15) is 0 Å². The number of benzene rings is 2. The Morgan fingerprint density at radius 1 is 1.27 bits per heavy atom. The third-order valence-electron chi connectivity index (χ3n) is 5.31. The number of carbonyl (C=O) groups excluding carboxylic acids is 2. The number of hydrogen-bond donors (Lipinski definition) is 1. The molecule has 0 unspecified atom stereocenters. The molecule has 3 amide bonds. The summed E-state index contributed by atoms with van der Waals surface area (Å²) >= 11 is 1.46. The molecule has 158 valence electrons. The van der Waals surface area contributed by atoms with Crippen molar-refractivity contribution in [2.75, 3.05) is 24.3 Å². The molecule has 0 aromatic heterocycles. The third kappa shape index (κ3) is 3.29. The normalized spacial score (nSPS) is 20.2. The Morgan fingerprint density at radius 2 is 2.00 bits per heavy atom. The first kappa shape index (κ1) is 20.5. The number of rotatable bonds is 4. The van der Waals surface area contributed by atoms with E-state index in [-0.39, 0.29) is 23.8 Å². The van der Waals surface area contributed by atoms with Crippen molar-refractivity contribution in [3.63, 3.8) is 0 Å². The van der Waals surface area contributed by atoms with Crippen LogP contribution in [0.2, 0.25) is 0 Å². The van der Waals surface area contributed by atoms with Gasteiger partial charge in [-0.15, -0.1) is 11.8 Å². The van der Waals surface area contributed by atoms with Gasteiger partial charge in [-0.1, -0.05) is 12.1 Å². The van der Waals surface area contributed by atoms with Crippen molar-refractivity contribution in [3.05, 3.63) is 59.4 Å². The zero-order valence-electron chi connectivity index (χ0n) is 17.1. The number of amides is 3. The number of thioether (sulfide) groups is 1. The maximum Gasteiger partial charge on any atom is 0.319 e. The number of halogens is 1. The lowest BCUT2D eigenvalue weighted by molar-refractivity contribution is -0.123. The summed E-state index contributed by atoms with van der Waals surface area (Å²) < 4.78 is 18.7. The number of fused-ring (bicyclic) bond motifs is 2. The largest absolute Gasteiger partial charge is 0.497 e. The molecule has 6 nitrogen and oxygen atoms in total. The molecule has 1 saturated heterocycles. The highest BCUT2D eigenvalue weighted by Gasteiger charge is 2.59. The van der Waals surface area contributed by atoms with Crippen LogP contribution in [0.1, 0.15) is 25.0 Å². The number of urea groups is 1. The second-order valence-electron chi connectivity index (χ2n) is 7.65. The van der Waals surface area contributed by atoms with E-state index in [0.29, 0.717) is 24.6 Å². The van der Waals surface area contributed by atoms with Gasteiger partial charge >= 0.3 is 6.03 Å². The average molecular weight is 430 g/mol. The lowest BCUT2D eigenvalue weighted by atomic mass is 10.1. The molecule has 1 atom stereocenters. The summed E-state index contributed by atoms with van der Waals surface area (Å²) in [6.07, 6.45) is 0. The van der Waals surface area contributed by atoms with E-state index in [9.17, 15) is 14.0 Å². The first-order valence-corrected chi connectivity index (χ1v) is 10.8. The van der Waals surface area contributed by atoms with E-state index in [4.69, 9.17) is 4.74 Å². The molecular weight excluding hydrogens is 405 g/mol. The van der Waals surface area contributed by atoms with E-state index in [1.54, 1.807) is 35.1 Å². The molecule has 2 heterocycles. The lowest BCUT2D eigenvalue weighted by Crippen LogP contribution is -2.54. The van der Waals surface area contributed by atoms with E-state index in [2.05, 4.69) is 5.32 Å². The van der Waals surface area contributed by atoms with Gasteiger partial charge in [-0.25, -0.2) is 9.18 Å². The number of carbonyl (C=O) groups is 2. The van der Waals surface area contributed by atoms with Crippen LogP contribution >= 0.6 is 11.8 Å². The molecule has 1 N–H and O–H groups in total. The molecule has 30 heavy (non-hydrogen) atoms. The van der Waals surface area contributed by atoms with Crippen LogP contribution in [-0.2, 0) is 16.2 Å². The molecule has 1 spiro atoms. The second-order valence-corrected chi connectivity index (χ2v) is 8.94. The molecule has 2 aliphatic rings. The number of methoxy groups -OCH3 is 1. The van der Waals surface area contributed by atoms with Gasteiger partial charge in [0.1, 0.15) is 11.6 Å². The molecule has 0 radical (unpaired) electrons. The van der Waals surface area contributed by atoms with Crippen LogP contribution in [-0.4, -0.2) is 42.3 Å². The van der Waals surface area contributed by atoms with Crippen LogP contribution in [0.3, 0.4) is 0 Å². The predicted octanol–water partition coefficient (Wildman–Crippen LogP) is 3.70. The number of nitrogens with zero attached hydrogens (tertiary/aromatic N) is 2. The average Bonchev–Trinajstić information content (AvgIpc) is 3.26. The smallest absolute Gasteiger partial charge is 0.319 e. The minimum absolute atomic E-state index is 0.0447. The summed E-state index contributed by atoms with van der Waals surface area (Å²) in [5, 5.41) is 2.92. The standard InChI is InChI=1S/C22H24FN3O3S/c1-14(2)24-21(28)26-10-11-30-22(26)18-12-17(29-3)8-9-19(18)25(20(22)27)13-15-4-6-16(23)7-5-15/h4-9,12,14H,10-11,13H2,1-3H3,(H,24,28)/t22-/m0/s1. The highest BCUT2D eigenvalue weighted by molar-refractivity contribution is 8.01. The molecule has 2 aliphatic heterocycles. The maximum atomic E-state index is 13.8. The fourth-order valence-corrected chi connectivity index (χ4v) is 5.43. The van der Waals surface area contributed by atoms with Gasteiger partial charge < -0.3 is 15.0 Å². The van der Waals surface area contributed by atoms with Crippen LogP contribution < -0.4 is 15.0 Å².